The number of nitrogens with zero attached hydrogens (tertiary/aromatic N) is 1. The van der Waals surface area contributed by atoms with E-state index in [1.165, 1.54) is 19.3 Å². The number of aliphatic hydroxyl groups excluding tert-OH is 1. The van der Waals surface area contributed by atoms with Crippen molar-refractivity contribution >= 4 is 0 Å². The van der Waals surface area contributed by atoms with Crippen molar-refractivity contribution in [2.24, 2.45) is 17.8 Å². The predicted molar refractivity (Wildman–Crippen MR) is 74.1 cm³/mol. The molecule has 102 valence electrons. The summed E-state index contributed by atoms with van der Waals surface area (Å²) in [6.07, 6.45) is 4.51. The normalized spacial score (nSPS) is 35.6. The third-order valence-electron chi connectivity index (χ3n) is 5.04. The first-order chi connectivity index (χ1) is 7.81. The van der Waals surface area contributed by atoms with E-state index in [1.807, 2.05) is 0 Å². The van der Waals surface area contributed by atoms with Gasteiger partial charge in [0.05, 0.1) is 6.10 Å². The Balaban J connectivity index is 2.77. The molecule has 1 rings (SSSR count). The summed E-state index contributed by atoms with van der Waals surface area (Å²) in [6, 6.07) is 0. The maximum atomic E-state index is 10.8. The van der Waals surface area contributed by atoms with Crippen LogP contribution in [0.5, 0.6) is 0 Å². The Labute approximate surface area is 107 Å². The molecule has 0 radical (unpaired) electrons. The summed E-state index contributed by atoms with van der Waals surface area (Å²) in [7, 11) is 4.17. The van der Waals surface area contributed by atoms with E-state index in [1.54, 1.807) is 0 Å². The molecule has 0 saturated heterocycles. The first-order valence-electron chi connectivity index (χ1n) is 7.16. The summed E-state index contributed by atoms with van der Waals surface area (Å²) >= 11 is 0. The van der Waals surface area contributed by atoms with Gasteiger partial charge in [0.2, 0.25) is 0 Å². The van der Waals surface area contributed by atoms with Crippen LogP contribution >= 0.6 is 0 Å². The minimum atomic E-state index is -0.201. The summed E-state index contributed by atoms with van der Waals surface area (Å²) in [4.78, 5) is 2.20. The van der Waals surface area contributed by atoms with E-state index in [2.05, 4.69) is 46.7 Å². The molecule has 0 aromatic rings. The Hall–Kier alpha value is -0.0800. The minimum absolute atomic E-state index is 0.0819. The second-order valence-electron chi connectivity index (χ2n) is 6.73. The molecule has 2 heteroatoms. The zero-order valence-corrected chi connectivity index (χ0v) is 12.5. The fourth-order valence-electron chi connectivity index (χ4n) is 3.56. The lowest BCUT2D eigenvalue weighted by molar-refractivity contribution is -0.0536. The molecule has 1 aliphatic carbocycles. The van der Waals surface area contributed by atoms with E-state index < -0.39 is 0 Å². The first-order valence-corrected chi connectivity index (χ1v) is 7.16. The number of rotatable bonds is 4. The molecule has 0 amide bonds. The predicted octanol–water partition coefficient (Wildman–Crippen LogP) is 3.15. The molecule has 1 N–H and O–H groups in total. The first kappa shape index (κ1) is 15.0. The Bertz CT molecular complexity index is 231. The van der Waals surface area contributed by atoms with Gasteiger partial charge in [-0.05, 0) is 64.5 Å². The maximum Gasteiger partial charge on any atom is 0.0749 e. The molecule has 0 aromatic carbocycles. The van der Waals surface area contributed by atoms with Gasteiger partial charge in [0.1, 0.15) is 0 Å². The smallest absolute Gasteiger partial charge is 0.0749 e. The van der Waals surface area contributed by atoms with Crippen LogP contribution in [0, 0.1) is 17.8 Å². The molecule has 1 saturated carbocycles. The lowest BCUT2D eigenvalue weighted by Gasteiger charge is -2.46. The lowest BCUT2D eigenvalue weighted by Crippen LogP contribution is -2.54. The molecular formula is C15H31NO. The van der Waals surface area contributed by atoms with E-state index >= 15 is 0 Å². The van der Waals surface area contributed by atoms with Crippen LogP contribution in [0.15, 0.2) is 0 Å². The van der Waals surface area contributed by atoms with Crippen molar-refractivity contribution in [3.63, 3.8) is 0 Å². The van der Waals surface area contributed by atoms with Crippen LogP contribution in [-0.2, 0) is 0 Å². The summed E-state index contributed by atoms with van der Waals surface area (Å²) in [6.45, 7) is 9.03. The van der Waals surface area contributed by atoms with Gasteiger partial charge in [-0.3, -0.25) is 0 Å². The molecule has 0 heterocycles. The number of likely N-dealkylation sites (N-methyl/N-ethyl adjacent to an activating group) is 1. The van der Waals surface area contributed by atoms with Crippen molar-refractivity contribution in [3.05, 3.63) is 0 Å². The quantitative estimate of drug-likeness (QED) is 0.817. The van der Waals surface area contributed by atoms with Crippen LogP contribution in [-0.4, -0.2) is 35.7 Å². The van der Waals surface area contributed by atoms with Gasteiger partial charge in [0.25, 0.3) is 0 Å². The second-order valence-corrected chi connectivity index (χ2v) is 6.73. The molecule has 0 bridgehead atoms. The van der Waals surface area contributed by atoms with Crippen LogP contribution in [0.2, 0.25) is 0 Å². The Kier molecular flexibility index (Phi) is 5.03. The van der Waals surface area contributed by atoms with E-state index in [9.17, 15) is 5.11 Å². The highest BCUT2D eigenvalue weighted by Crippen LogP contribution is 2.39. The van der Waals surface area contributed by atoms with Gasteiger partial charge in [-0.25, -0.2) is 0 Å². The Morgan fingerprint density at radius 3 is 2.00 bits per heavy atom. The highest BCUT2D eigenvalue weighted by Gasteiger charge is 2.40. The highest BCUT2D eigenvalue weighted by molar-refractivity contribution is 4.95. The van der Waals surface area contributed by atoms with E-state index in [4.69, 9.17) is 0 Å². The maximum absolute atomic E-state index is 10.8. The van der Waals surface area contributed by atoms with Crippen LogP contribution in [0.3, 0.4) is 0 Å². The number of hydrogen-bond acceptors (Lipinski definition) is 2. The van der Waals surface area contributed by atoms with Gasteiger partial charge in [0.15, 0.2) is 0 Å². The topological polar surface area (TPSA) is 23.5 Å². The van der Waals surface area contributed by atoms with E-state index in [0.717, 1.165) is 18.3 Å². The van der Waals surface area contributed by atoms with Crippen molar-refractivity contribution in [2.45, 2.75) is 65.0 Å². The number of hydrogen-bond donors (Lipinski definition) is 1. The van der Waals surface area contributed by atoms with Gasteiger partial charge >= 0.3 is 0 Å². The van der Waals surface area contributed by atoms with Crippen molar-refractivity contribution in [1.29, 1.82) is 0 Å². The molecule has 4 atom stereocenters. The van der Waals surface area contributed by atoms with Crippen molar-refractivity contribution < 1.29 is 5.11 Å². The van der Waals surface area contributed by atoms with Crippen molar-refractivity contribution in [3.8, 4) is 0 Å². The van der Waals surface area contributed by atoms with E-state index in [0.29, 0.717) is 5.92 Å². The van der Waals surface area contributed by atoms with Gasteiger partial charge < -0.3 is 10.0 Å². The van der Waals surface area contributed by atoms with Gasteiger partial charge in [-0.1, -0.05) is 20.8 Å². The molecule has 1 fully saturated rings. The summed E-state index contributed by atoms with van der Waals surface area (Å²) in [5.41, 5.74) is -0.0819. The SMILES string of the molecule is CCC(C)(C(O)C1CC(C)CC(C)C1)N(C)C. The monoisotopic (exact) mass is 241 g/mol. The highest BCUT2D eigenvalue weighted by atomic mass is 16.3. The number of aliphatic hydroxyl groups is 1. The average Bonchev–Trinajstić information content (AvgIpc) is 2.25. The molecular weight excluding hydrogens is 210 g/mol. The lowest BCUT2D eigenvalue weighted by atomic mass is 9.70. The fraction of sp³-hybridized carbons (Fsp3) is 1.00. The van der Waals surface area contributed by atoms with Gasteiger partial charge in [-0.15, -0.1) is 0 Å². The van der Waals surface area contributed by atoms with Gasteiger partial charge in [0, 0.05) is 5.54 Å². The zero-order valence-electron chi connectivity index (χ0n) is 12.5. The molecule has 1 aliphatic rings. The average molecular weight is 241 g/mol. The summed E-state index contributed by atoms with van der Waals surface area (Å²) < 4.78 is 0. The van der Waals surface area contributed by atoms with Crippen molar-refractivity contribution in [1.82, 2.24) is 4.90 Å². The third-order valence-corrected chi connectivity index (χ3v) is 5.04. The van der Waals surface area contributed by atoms with Crippen LogP contribution in [0.1, 0.15) is 53.4 Å². The van der Waals surface area contributed by atoms with Crippen LogP contribution < -0.4 is 0 Å². The molecule has 2 nitrogen and oxygen atoms in total. The van der Waals surface area contributed by atoms with Crippen LogP contribution in [0.25, 0.3) is 0 Å². The molecule has 17 heavy (non-hydrogen) atoms. The minimum Gasteiger partial charge on any atom is -0.391 e. The van der Waals surface area contributed by atoms with Crippen molar-refractivity contribution in [2.75, 3.05) is 14.1 Å². The molecule has 4 unspecified atom stereocenters. The zero-order chi connectivity index (χ0) is 13.2. The third kappa shape index (κ3) is 3.23. The largest absolute Gasteiger partial charge is 0.391 e. The fourth-order valence-corrected chi connectivity index (χ4v) is 3.56. The summed E-state index contributed by atoms with van der Waals surface area (Å²) in [5.74, 6) is 2.00. The summed E-state index contributed by atoms with van der Waals surface area (Å²) in [5, 5.41) is 10.8. The standard InChI is InChI=1S/C15H31NO/c1-7-15(4,16(5)6)14(17)13-9-11(2)8-12(3)10-13/h11-14,17H,7-10H2,1-6H3. The van der Waals surface area contributed by atoms with E-state index in [-0.39, 0.29) is 11.6 Å². The molecule has 0 aromatic heterocycles. The second kappa shape index (κ2) is 5.71. The molecule has 0 spiro atoms. The van der Waals surface area contributed by atoms with Crippen LogP contribution in [0.4, 0.5) is 0 Å². The Morgan fingerprint density at radius 2 is 1.65 bits per heavy atom. The Morgan fingerprint density at radius 1 is 1.18 bits per heavy atom. The van der Waals surface area contributed by atoms with Gasteiger partial charge in [-0.2, -0.15) is 0 Å². The molecule has 0 aliphatic heterocycles.